The van der Waals surface area contributed by atoms with E-state index >= 15 is 0 Å². The molecule has 2 rings (SSSR count). The number of hydrogen-bond acceptors (Lipinski definition) is 4. The van der Waals surface area contributed by atoms with Gasteiger partial charge in [-0.15, -0.1) is 0 Å². The fourth-order valence-corrected chi connectivity index (χ4v) is 1.57. The molecule has 0 bridgehead atoms. The molecule has 0 aliphatic carbocycles. The van der Waals surface area contributed by atoms with Gasteiger partial charge in [-0.2, -0.15) is 4.98 Å². The summed E-state index contributed by atoms with van der Waals surface area (Å²) in [5.41, 5.74) is 0.596. The van der Waals surface area contributed by atoms with E-state index in [1.54, 1.807) is 24.3 Å². The summed E-state index contributed by atoms with van der Waals surface area (Å²) in [7, 11) is 0. The molecule has 2 N–H and O–H groups in total. The van der Waals surface area contributed by atoms with Crippen molar-refractivity contribution in [3.8, 4) is 0 Å². The first-order valence-corrected chi connectivity index (χ1v) is 5.86. The fourth-order valence-electron chi connectivity index (χ4n) is 1.39. The summed E-state index contributed by atoms with van der Waals surface area (Å²) in [6.07, 6.45) is 1.12. The molecule has 1 aromatic carbocycles. The maximum absolute atomic E-state index is 13.6. The van der Waals surface area contributed by atoms with Crippen molar-refractivity contribution in [2.75, 3.05) is 17.2 Å². The van der Waals surface area contributed by atoms with Gasteiger partial charge in [-0.05, 0) is 19.1 Å². The van der Waals surface area contributed by atoms with Crippen molar-refractivity contribution in [2.24, 2.45) is 0 Å². The lowest BCUT2D eigenvalue weighted by molar-refractivity contribution is 0.619. The number of anilines is 3. The highest BCUT2D eigenvalue weighted by Gasteiger charge is 2.08. The Morgan fingerprint density at radius 3 is 2.83 bits per heavy atom. The lowest BCUT2D eigenvalue weighted by Crippen LogP contribution is -2.06. The van der Waals surface area contributed by atoms with Crippen LogP contribution in [0.25, 0.3) is 0 Å². The molecule has 0 unspecified atom stereocenters. The van der Waals surface area contributed by atoms with Crippen LogP contribution in [-0.4, -0.2) is 16.5 Å². The molecule has 1 heterocycles. The van der Waals surface area contributed by atoms with Crippen LogP contribution < -0.4 is 10.6 Å². The van der Waals surface area contributed by atoms with E-state index in [0.29, 0.717) is 23.2 Å². The molecule has 1 aromatic heterocycles. The highest BCUT2D eigenvalue weighted by Crippen LogP contribution is 2.25. The molecule has 0 aliphatic rings. The Labute approximate surface area is 109 Å². The van der Waals surface area contributed by atoms with E-state index in [1.165, 1.54) is 0 Å². The van der Waals surface area contributed by atoms with E-state index in [9.17, 15) is 4.39 Å². The normalized spacial score (nSPS) is 10.2. The smallest absolute Gasteiger partial charge is 0.224 e. The maximum Gasteiger partial charge on any atom is 0.224 e. The number of halogens is 2. The third kappa shape index (κ3) is 2.87. The highest BCUT2D eigenvalue weighted by molar-refractivity contribution is 6.33. The van der Waals surface area contributed by atoms with Crippen molar-refractivity contribution in [1.82, 2.24) is 9.97 Å². The second-order valence-electron chi connectivity index (χ2n) is 3.53. The second kappa shape index (κ2) is 5.64. The van der Waals surface area contributed by atoms with Crippen LogP contribution >= 0.6 is 11.6 Å². The van der Waals surface area contributed by atoms with Gasteiger partial charge in [-0.1, -0.05) is 23.7 Å². The van der Waals surface area contributed by atoms with Gasteiger partial charge in [0.25, 0.3) is 0 Å². The minimum absolute atomic E-state index is 0.0917. The van der Waals surface area contributed by atoms with E-state index in [1.807, 2.05) is 6.92 Å². The van der Waals surface area contributed by atoms with Crippen molar-refractivity contribution in [3.05, 3.63) is 41.3 Å². The van der Waals surface area contributed by atoms with Gasteiger partial charge in [0, 0.05) is 6.54 Å². The van der Waals surface area contributed by atoms with Gasteiger partial charge in [0.1, 0.15) is 0 Å². The van der Waals surface area contributed by atoms with Crippen molar-refractivity contribution in [3.63, 3.8) is 0 Å². The van der Waals surface area contributed by atoms with Gasteiger partial charge in [-0.3, -0.25) is 0 Å². The quantitative estimate of drug-likeness (QED) is 0.890. The minimum Gasteiger partial charge on any atom is -0.354 e. The van der Waals surface area contributed by atoms with Crippen LogP contribution in [0.2, 0.25) is 5.02 Å². The molecule has 0 spiro atoms. The SMILES string of the molecule is CCNc1ncc(F)c(Nc2ccccc2Cl)n1. The van der Waals surface area contributed by atoms with Crippen LogP contribution in [0.5, 0.6) is 0 Å². The zero-order valence-electron chi connectivity index (χ0n) is 9.74. The van der Waals surface area contributed by atoms with Crippen LogP contribution in [0.15, 0.2) is 30.5 Å². The van der Waals surface area contributed by atoms with Gasteiger partial charge >= 0.3 is 0 Å². The zero-order chi connectivity index (χ0) is 13.0. The summed E-state index contributed by atoms with van der Waals surface area (Å²) in [6.45, 7) is 2.57. The van der Waals surface area contributed by atoms with Gasteiger partial charge in [0.2, 0.25) is 5.95 Å². The number of benzene rings is 1. The monoisotopic (exact) mass is 266 g/mol. The van der Waals surface area contributed by atoms with Crippen molar-refractivity contribution >= 4 is 29.1 Å². The van der Waals surface area contributed by atoms with Crippen molar-refractivity contribution < 1.29 is 4.39 Å². The third-order valence-corrected chi connectivity index (χ3v) is 2.54. The van der Waals surface area contributed by atoms with Crippen LogP contribution in [-0.2, 0) is 0 Å². The van der Waals surface area contributed by atoms with Gasteiger partial charge in [0.15, 0.2) is 11.6 Å². The van der Waals surface area contributed by atoms with E-state index in [0.717, 1.165) is 6.20 Å². The number of rotatable bonds is 4. The molecule has 2 aromatic rings. The van der Waals surface area contributed by atoms with Gasteiger partial charge in [0.05, 0.1) is 16.9 Å². The van der Waals surface area contributed by atoms with Crippen LogP contribution in [0.3, 0.4) is 0 Å². The van der Waals surface area contributed by atoms with Crippen molar-refractivity contribution in [1.29, 1.82) is 0 Å². The maximum atomic E-state index is 13.6. The highest BCUT2D eigenvalue weighted by atomic mass is 35.5. The summed E-state index contributed by atoms with van der Waals surface area (Å²) in [4.78, 5) is 7.85. The Bertz CT molecular complexity index is 547. The Hall–Kier alpha value is -1.88. The predicted octanol–water partition coefficient (Wildman–Crippen LogP) is 3.44. The Morgan fingerprint density at radius 1 is 1.33 bits per heavy atom. The van der Waals surface area contributed by atoms with Crippen LogP contribution in [0.4, 0.5) is 21.8 Å². The molecule has 6 heteroatoms. The Morgan fingerprint density at radius 2 is 2.11 bits per heavy atom. The Kier molecular flexibility index (Phi) is 3.94. The van der Waals surface area contributed by atoms with Gasteiger partial charge < -0.3 is 10.6 Å². The average Bonchev–Trinajstić information content (AvgIpc) is 2.36. The van der Waals surface area contributed by atoms with Gasteiger partial charge in [-0.25, -0.2) is 9.37 Å². The first-order valence-electron chi connectivity index (χ1n) is 5.48. The number of aromatic nitrogens is 2. The summed E-state index contributed by atoms with van der Waals surface area (Å²) in [5, 5.41) is 6.26. The summed E-state index contributed by atoms with van der Waals surface area (Å²) in [6, 6.07) is 7.07. The molecule has 4 nitrogen and oxygen atoms in total. The molecule has 0 radical (unpaired) electrons. The first-order chi connectivity index (χ1) is 8.70. The molecule has 18 heavy (non-hydrogen) atoms. The van der Waals surface area contributed by atoms with E-state index in [4.69, 9.17) is 11.6 Å². The molecule has 0 atom stereocenters. The summed E-state index contributed by atoms with van der Waals surface area (Å²) in [5.74, 6) is -0.0703. The molecule has 0 fully saturated rings. The molecule has 0 saturated heterocycles. The van der Waals surface area contributed by atoms with E-state index < -0.39 is 5.82 Å². The molecule has 0 saturated carbocycles. The van der Waals surface area contributed by atoms with Crippen LogP contribution in [0, 0.1) is 5.82 Å². The molecule has 0 amide bonds. The fraction of sp³-hybridized carbons (Fsp3) is 0.167. The topological polar surface area (TPSA) is 49.8 Å². The van der Waals surface area contributed by atoms with E-state index in [2.05, 4.69) is 20.6 Å². The van der Waals surface area contributed by atoms with Crippen molar-refractivity contribution in [2.45, 2.75) is 6.92 Å². The standard InChI is InChI=1S/C12H12ClFN4/c1-2-15-12-16-7-9(14)11(18-12)17-10-6-4-3-5-8(10)13/h3-7H,2H2,1H3,(H2,15,16,17,18). The largest absolute Gasteiger partial charge is 0.354 e. The third-order valence-electron chi connectivity index (χ3n) is 2.21. The number of para-hydroxylation sites is 1. The summed E-state index contributed by atoms with van der Waals surface area (Å²) >= 11 is 5.98. The van der Waals surface area contributed by atoms with Crippen LogP contribution in [0.1, 0.15) is 6.92 Å². The molecule has 94 valence electrons. The number of nitrogens with zero attached hydrogens (tertiary/aromatic N) is 2. The lowest BCUT2D eigenvalue weighted by atomic mass is 10.3. The lowest BCUT2D eigenvalue weighted by Gasteiger charge is -2.09. The minimum atomic E-state index is -0.531. The first kappa shape index (κ1) is 12.6. The second-order valence-corrected chi connectivity index (χ2v) is 3.93. The molecular weight excluding hydrogens is 255 g/mol. The Balaban J connectivity index is 2.28. The number of nitrogens with one attached hydrogen (secondary N) is 2. The molecular formula is C12H12ClFN4. The number of hydrogen-bond donors (Lipinski definition) is 2. The predicted molar refractivity (Wildman–Crippen MR) is 70.9 cm³/mol. The zero-order valence-corrected chi connectivity index (χ0v) is 10.5. The molecule has 0 aliphatic heterocycles. The summed E-state index contributed by atoms with van der Waals surface area (Å²) < 4.78 is 13.6. The van der Waals surface area contributed by atoms with E-state index in [-0.39, 0.29) is 5.82 Å². The average molecular weight is 267 g/mol.